The molecule has 2 aliphatic rings. The number of aliphatic hydroxyl groups is 1. The smallest absolute Gasteiger partial charge is 0.157 e. The SMILES string of the molecule is O=C1C=C(N2CCN(CCO)CC2)CC1. The van der Waals surface area contributed by atoms with Crippen LogP contribution in [0.2, 0.25) is 0 Å². The number of aliphatic hydroxyl groups excluding tert-OH is 1. The van der Waals surface area contributed by atoms with E-state index in [1.54, 1.807) is 6.08 Å². The molecule has 84 valence electrons. The normalized spacial score (nSPS) is 23.4. The quantitative estimate of drug-likeness (QED) is 0.703. The summed E-state index contributed by atoms with van der Waals surface area (Å²) in [6, 6.07) is 0. The van der Waals surface area contributed by atoms with Crippen molar-refractivity contribution in [1.29, 1.82) is 0 Å². The van der Waals surface area contributed by atoms with Gasteiger partial charge in [-0.05, 0) is 6.42 Å². The summed E-state index contributed by atoms with van der Waals surface area (Å²) in [4.78, 5) is 15.7. The highest BCUT2D eigenvalue weighted by atomic mass is 16.3. The Kier molecular flexibility index (Phi) is 3.38. The number of nitrogens with zero attached hydrogens (tertiary/aromatic N) is 2. The number of rotatable bonds is 3. The van der Waals surface area contributed by atoms with E-state index in [-0.39, 0.29) is 12.4 Å². The first-order valence-electron chi connectivity index (χ1n) is 5.61. The molecule has 1 N–H and O–H groups in total. The Morgan fingerprint density at radius 1 is 1.20 bits per heavy atom. The lowest BCUT2D eigenvalue weighted by Gasteiger charge is -2.36. The van der Waals surface area contributed by atoms with Crippen LogP contribution in [0.3, 0.4) is 0 Å². The molecule has 4 heteroatoms. The molecule has 0 atom stereocenters. The Morgan fingerprint density at radius 2 is 1.93 bits per heavy atom. The van der Waals surface area contributed by atoms with Gasteiger partial charge in [0.15, 0.2) is 5.78 Å². The van der Waals surface area contributed by atoms with Crippen LogP contribution in [0.1, 0.15) is 12.8 Å². The summed E-state index contributed by atoms with van der Waals surface area (Å²) in [5.41, 5.74) is 1.21. The molecule has 0 spiro atoms. The Morgan fingerprint density at radius 3 is 2.47 bits per heavy atom. The van der Waals surface area contributed by atoms with E-state index in [0.29, 0.717) is 6.42 Å². The maximum atomic E-state index is 11.1. The number of hydrogen-bond donors (Lipinski definition) is 1. The summed E-state index contributed by atoms with van der Waals surface area (Å²) in [5.74, 6) is 0.266. The molecule has 0 unspecified atom stereocenters. The van der Waals surface area contributed by atoms with Crippen molar-refractivity contribution in [3.8, 4) is 0 Å². The second-order valence-electron chi connectivity index (χ2n) is 4.15. The van der Waals surface area contributed by atoms with Crippen LogP contribution in [0.4, 0.5) is 0 Å². The lowest BCUT2D eigenvalue weighted by molar-refractivity contribution is -0.114. The molecule has 0 bridgehead atoms. The lowest BCUT2D eigenvalue weighted by atomic mass is 10.2. The fourth-order valence-corrected chi connectivity index (χ4v) is 2.23. The summed E-state index contributed by atoms with van der Waals surface area (Å²) in [7, 11) is 0. The first-order valence-corrected chi connectivity index (χ1v) is 5.61. The Labute approximate surface area is 90.2 Å². The standard InChI is InChI=1S/C11H18N2O2/c14-8-7-12-3-5-13(6-4-12)10-1-2-11(15)9-10/h9,14H,1-8H2. The molecule has 0 saturated carbocycles. The molecule has 0 aromatic rings. The minimum absolute atomic E-state index is 0.237. The van der Waals surface area contributed by atoms with Crippen molar-refractivity contribution >= 4 is 5.78 Å². The van der Waals surface area contributed by atoms with Crippen molar-refractivity contribution in [2.24, 2.45) is 0 Å². The van der Waals surface area contributed by atoms with Gasteiger partial charge in [0, 0.05) is 50.9 Å². The van der Waals surface area contributed by atoms with E-state index in [1.807, 2.05) is 0 Å². The van der Waals surface area contributed by atoms with Crippen LogP contribution in [0, 0.1) is 0 Å². The summed E-state index contributed by atoms with van der Waals surface area (Å²) < 4.78 is 0. The van der Waals surface area contributed by atoms with Crippen LogP contribution in [-0.2, 0) is 4.79 Å². The number of carbonyl (C=O) groups excluding carboxylic acids is 1. The van der Waals surface area contributed by atoms with E-state index in [9.17, 15) is 4.79 Å². The van der Waals surface area contributed by atoms with Crippen LogP contribution in [0.5, 0.6) is 0 Å². The van der Waals surface area contributed by atoms with Crippen LogP contribution in [-0.4, -0.2) is 60.0 Å². The molecular formula is C11H18N2O2. The third-order valence-electron chi connectivity index (χ3n) is 3.15. The Balaban J connectivity index is 1.83. The van der Waals surface area contributed by atoms with Gasteiger partial charge in [0.05, 0.1) is 6.61 Å². The highest BCUT2D eigenvalue weighted by Gasteiger charge is 2.21. The van der Waals surface area contributed by atoms with Crippen molar-refractivity contribution in [3.05, 3.63) is 11.8 Å². The zero-order chi connectivity index (χ0) is 10.7. The number of carbonyl (C=O) groups is 1. The highest BCUT2D eigenvalue weighted by molar-refractivity contribution is 5.92. The topological polar surface area (TPSA) is 43.8 Å². The van der Waals surface area contributed by atoms with Crippen LogP contribution in [0.15, 0.2) is 11.8 Å². The lowest BCUT2D eigenvalue weighted by Crippen LogP contribution is -2.46. The van der Waals surface area contributed by atoms with E-state index in [1.165, 1.54) is 5.70 Å². The zero-order valence-electron chi connectivity index (χ0n) is 8.98. The molecule has 1 saturated heterocycles. The number of hydrogen-bond acceptors (Lipinski definition) is 4. The predicted octanol–water partition coefficient (Wildman–Crippen LogP) is -0.157. The molecule has 1 aliphatic carbocycles. The number of ketones is 1. The van der Waals surface area contributed by atoms with Gasteiger partial charge in [-0.1, -0.05) is 0 Å². The molecule has 2 rings (SSSR count). The van der Waals surface area contributed by atoms with Gasteiger partial charge in [-0.2, -0.15) is 0 Å². The second kappa shape index (κ2) is 4.77. The van der Waals surface area contributed by atoms with Crippen molar-refractivity contribution in [3.63, 3.8) is 0 Å². The van der Waals surface area contributed by atoms with Crippen molar-refractivity contribution in [2.75, 3.05) is 39.3 Å². The molecule has 1 aliphatic heterocycles. The molecule has 0 radical (unpaired) electrons. The maximum Gasteiger partial charge on any atom is 0.157 e. The molecule has 1 fully saturated rings. The van der Waals surface area contributed by atoms with Gasteiger partial charge in [0.1, 0.15) is 0 Å². The van der Waals surface area contributed by atoms with E-state index in [0.717, 1.165) is 39.1 Å². The fraction of sp³-hybridized carbons (Fsp3) is 0.727. The summed E-state index contributed by atoms with van der Waals surface area (Å²) in [6.07, 6.45) is 3.40. The van der Waals surface area contributed by atoms with E-state index >= 15 is 0 Å². The van der Waals surface area contributed by atoms with Crippen LogP contribution >= 0.6 is 0 Å². The molecule has 1 heterocycles. The van der Waals surface area contributed by atoms with Gasteiger partial charge < -0.3 is 10.0 Å². The number of piperazine rings is 1. The van der Waals surface area contributed by atoms with E-state index in [4.69, 9.17) is 5.11 Å². The van der Waals surface area contributed by atoms with Gasteiger partial charge >= 0.3 is 0 Å². The van der Waals surface area contributed by atoms with E-state index < -0.39 is 0 Å². The minimum Gasteiger partial charge on any atom is -0.395 e. The van der Waals surface area contributed by atoms with Crippen LogP contribution in [0.25, 0.3) is 0 Å². The first kappa shape index (κ1) is 10.6. The molecule has 0 amide bonds. The monoisotopic (exact) mass is 210 g/mol. The number of allylic oxidation sites excluding steroid dienone is 2. The van der Waals surface area contributed by atoms with Crippen molar-refractivity contribution < 1.29 is 9.90 Å². The maximum absolute atomic E-state index is 11.1. The van der Waals surface area contributed by atoms with Crippen molar-refractivity contribution in [2.45, 2.75) is 12.8 Å². The second-order valence-corrected chi connectivity index (χ2v) is 4.15. The molecule has 4 nitrogen and oxygen atoms in total. The van der Waals surface area contributed by atoms with Gasteiger partial charge in [0.25, 0.3) is 0 Å². The van der Waals surface area contributed by atoms with Gasteiger partial charge in [-0.15, -0.1) is 0 Å². The van der Waals surface area contributed by atoms with Crippen molar-refractivity contribution in [1.82, 2.24) is 9.80 Å². The average Bonchev–Trinajstić information content (AvgIpc) is 2.67. The van der Waals surface area contributed by atoms with Crippen LogP contribution < -0.4 is 0 Å². The van der Waals surface area contributed by atoms with Gasteiger partial charge in [-0.25, -0.2) is 0 Å². The summed E-state index contributed by atoms with van der Waals surface area (Å²) in [6.45, 7) is 4.96. The molecule has 0 aromatic heterocycles. The third kappa shape index (κ3) is 2.58. The number of β-amino-alcohol motifs (C(OH)–C–C–N with tert-alkyl or cyclic N) is 1. The average molecular weight is 210 g/mol. The first-order chi connectivity index (χ1) is 7.29. The molecule has 15 heavy (non-hydrogen) atoms. The van der Waals surface area contributed by atoms with Gasteiger partial charge in [0.2, 0.25) is 0 Å². The molecule has 0 aromatic carbocycles. The zero-order valence-corrected chi connectivity index (χ0v) is 8.98. The van der Waals surface area contributed by atoms with E-state index in [2.05, 4.69) is 9.80 Å². The Hall–Kier alpha value is -0.870. The highest BCUT2D eigenvalue weighted by Crippen LogP contribution is 2.20. The Bertz CT molecular complexity index is 268. The summed E-state index contributed by atoms with van der Waals surface area (Å²) >= 11 is 0. The predicted molar refractivity (Wildman–Crippen MR) is 57.4 cm³/mol. The largest absolute Gasteiger partial charge is 0.395 e. The minimum atomic E-state index is 0.237. The molecular weight excluding hydrogens is 192 g/mol. The van der Waals surface area contributed by atoms with Gasteiger partial charge in [-0.3, -0.25) is 9.69 Å². The third-order valence-corrected chi connectivity index (χ3v) is 3.15. The summed E-state index contributed by atoms with van der Waals surface area (Å²) in [5, 5.41) is 8.82. The fourth-order valence-electron chi connectivity index (χ4n) is 2.23.